The predicted molar refractivity (Wildman–Crippen MR) is 98.4 cm³/mol. The summed E-state index contributed by atoms with van der Waals surface area (Å²) in [7, 11) is -3.84. The van der Waals surface area contributed by atoms with Crippen molar-refractivity contribution in [2.24, 2.45) is 0 Å². The number of rotatable bonds is 7. The van der Waals surface area contributed by atoms with Crippen LogP contribution in [0.25, 0.3) is 0 Å². The Morgan fingerprint density at radius 1 is 1.11 bits per heavy atom. The highest BCUT2D eigenvalue weighted by atomic mass is 32.2. The summed E-state index contributed by atoms with van der Waals surface area (Å²) in [6.45, 7) is 0.893. The second kappa shape index (κ2) is 8.28. The van der Waals surface area contributed by atoms with Crippen LogP contribution >= 0.6 is 0 Å². The van der Waals surface area contributed by atoms with E-state index in [4.69, 9.17) is 14.2 Å². The van der Waals surface area contributed by atoms with Gasteiger partial charge in [-0.1, -0.05) is 18.2 Å². The Hall–Kier alpha value is -3.11. The molecule has 28 heavy (non-hydrogen) atoms. The SMILES string of the molecule is C[C@@H](OC(=O)CNS(=O)(=O)c1ccccc1)C(=O)Nc1ccc2c(c1)OCO2. The van der Waals surface area contributed by atoms with Crippen LogP contribution in [0.2, 0.25) is 0 Å². The van der Waals surface area contributed by atoms with Crippen LogP contribution in [0.3, 0.4) is 0 Å². The maximum Gasteiger partial charge on any atom is 0.321 e. The standard InChI is InChI=1S/C18H18N2O7S/c1-12(18(22)20-13-7-8-15-16(9-13)26-11-25-15)27-17(21)10-19-28(23,24)14-5-3-2-4-6-14/h2-9,12,19H,10-11H2,1H3,(H,20,22)/t12-/m1/s1. The molecule has 0 bridgehead atoms. The van der Waals surface area contributed by atoms with Crippen molar-refractivity contribution in [1.29, 1.82) is 0 Å². The maximum absolute atomic E-state index is 12.2. The number of carbonyl (C=O) groups is 2. The van der Waals surface area contributed by atoms with Crippen LogP contribution < -0.4 is 19.5 Å². The highest BCUT2D eigenvalue weighted by Gasteiger charge is 2.21. The van der Waals surface area contributed by atoms with Crippen LogP contribution in [0.15, 0.2) is 53.4 Å². The lowest BCUT2D eigenvalue weighted by molar-refractivity contribution is -0.151. The molecular formula is C18H18N2O7S. The molecule has 3 rings (SSSR count). The molecule has 0 saturated heterocycles. The zero-order valence-electron chi connectivity index (χ0n) is 14.9. The second-order valence-corrected chi connectivity index (χ2v) is 7.59. The Labute approximate surface area is 161 Å². The molecule has 0 aliphatic carbocycles. The van der Waals surface area contributed by atoms with Crippen molar-refractivity contribution in [3.63, 3.8) is 0 Å². The van der Waals surface area contributed by atoms with E-state index in [9.17, 15) is 18.0 Å². The van der Waals surface area contributed by atoms with E-state index in [0.29, 0.717) is 17.2 Å². The number of benzene rings is 2. The zero-order chi connectivity index (χ0) is 20.1. The maximum atomic E-state index is 12.2. The minimum atomic E-state index is -3.84. The third-order valence-corrected chi connectivity index (χ3v) is 5.19. The first-order valence-corrected chi connectivity index (χ1v) is 9.78. The summed E-state index contributed by atoms with van der Waals surface area (Å²) >= 11 is 0. The molecule has 0 unspecified atom stereocenters. The van der Waals surface area contributed by atoms with Crippen molar-refractivity contribution in [3.8, 4) is 11.5 Å². The number of anilines is 1. The fraction of sp³-hybridized carbons (Fsp3) is 0.222. The molecular weight excluding hydrogens is 388 g/mol. The lowest BCUT2D eigenvalue weighted by atomic mass is 10.2. The van der Waals surface area contributed by atoms with Crippen LogP contribution in [-0.2, 0) is 24.3 Å². The molecule has 148 valence electrons. The highest BCUT2D eigenvalue weighted by molar-refractivity contribution is 7.89. The molecule has 0 fully saturated rings. The van der Waals surface area contributed by atoms with E-state index >= 15 is 0 Å². The first-order valence-electron chi connectivity index (χ1n) is 8.30. The van der Waals surface area contributed by atoms with Crippen molar-refractivity contribution in [2.45, 2.75) is 17.9 Å². The van der Waals surface area contributed by atoms with E-state index in [1.54, 1.807) is 36.4 Å². The molecule has 1 atom stereocenters. The van der Waals surface area contributed by atoms with Gasteiger partial charge in [-0.15, -0.1) is 0 Å². The quantitative estimate of drug-likeness (QED) is 0.664. The number of hydrogen-bond acceptors (Lipinski definition) is 7. The van der Waals surface area contributed by atoms with Gasteiger partial charge in [-0.05, 0) is 31.2 Å². The van der Waals surface area contributed by atoms with Crippen LogP contribution in [-0.4, -0.2) is 39.7 Å². The van der Waals surface area contributed by atoms with Gasteiger partial charge in [0.05, 0.1) is 4.90 Å². The molecule has 0 radical (unpaired) electrons. The molecule has 1 aliphatic heterocycles. The monoisotopic (exact) mass is 406 g/mol. The second-order valence-electron chi connectivity index (χ2n) is 5.83. The van der Waals surface area contributed by atoms with Crippen molar-refractivity contribution in [2.75, 3.05) is 18.7 Å². The largest absolute Gasteiger partial charge is 0.454 e. The Morgan fingerprint density at radius 2 is 1.82 bits per heavy atom. The molecule has 0 aromatic heterocycles. The average Bonchev–Trinajstić information content (AvgIpc) is 3.15. The fourth-order valence-electron chi connectivity index (χ4n) is 2.35. The van der Waals surface area contributed by atoms with E-state index in [-0.39, 0.29) is 11.7 Å². The Morgan fingerprint density at radius 3 is 2.57 bits per heavy atom. The number of fused-ring (bicyclic) bond motifs is 1. The summed E-state index contributed by atoms with van der Waals surface area (Å²) < 4.78 is 41.7. The molecule has 1 amide bonds. The first kappa shape index (κ1) is 19.6. The van der Waals surface area contributed by atoms with E-state index in [1.807, 2.05) is 0 Å². The molecule has 0 saturated carbocycles. The van der Waals surface area contributed by atoms with E-state index in [0.717, 1.165) is 0 Å². The van der Waals surface area contributed by atoms with E-state index < -0.39 is 34.5 Å². The number of nitrogens with one attached hydrogen (secondary N) is 2. The fourth-order valence-corrected chi connectivity index (χ4v) is 3.34. The van der Waals surface area contributed by atoms with Crippen molar-refractivity contribution in [3.05, 3.63) is 48.5 Å². The predicted octanol–water partition coefficient (Wildman–Crippen LogP) is 1.26. The van der Waals surface area contributed by atoms with Crippen LogP contribution in [0, 0.1) is 0 Å². The molecule has 1 heterocycles. The van der Waals surface area contributed by atoms with E-state index in [2.05, 4.69) is 10.0 Å². The molecule has 10 heteroatoms. The summed E-state index contributed by atoms with van der Waals surface area (Å²) in [6.07, 6.45) is -1.13. The van der Waals surface area contributed by atoms with Gasteiger partial charge in [0.2, 0.25) is 16.8 Å². The molecule has 2 aromatic rings. The lowest BCUT2D eigenvalue weighted by Gasteiger charge is -2.14. The third-order valence-electron chi connectivity index (χ3n) is 3.78. The van der Waals surface area contributed by atoms with Crippen molar-refractivity contribution >= 4 is 27.6 Å². The lowest BCUT2D eigenvalue weighted by Crippen LogP contribution is -2.35. The van der Waals surface area contributed by atoms with E-state index in [1.165, 1.54) is 19.1 Å². The van der Waals surface area contributed by atoms with Gasteiger partial charge in [-0.3, -0.25) is 9.59 Å². The number of hydrogen-bond donors (Lipinski definition) is 2. The smallest absolute Gasteiger partial charge is 0.321 e. The van der Waals surface area contributed by atoms with Gasteiger partial charge in [-0.2, -0.15) is 4.72 Å². The minimum Gasteiger partial charge on any atom is -0.454 e. The summed E-state index contributed by atoms with van der Waals surface area (Å²) in [4.78, 5) is 24.1. The Kier molecular flexibility index (Phi) is 5.81. The number of carbonyl (C=O) groups excluding carboxylic acids is 2. The third kappa shape index (κ3) is 4.78. The molecule has 9 nitrogen and oxygen atoms in total. The van der Waals surface area contributed by atoms with Gasteiger partial charge in [0, 0.05) is 11.8 Å². The average molecular weight is 406 g/mol. The number of ether oxygens (including phenoxy) is 3. The van der Waals surface area contributed by atoms with Crippen LogP contribution in [0.1, 0.15) is 6.92 Å². The molecule has 2 N–H and O–H groups in total. The van der Waals surface area contributed by atoms with Gasteiger partial charge < -0.3 is 19.5 Å². The summed E-state index contributed by atoms with van der Waals surface area (Å²) in [5.41, 5.74) is 0.446. The summed E-state index contributed by atoms with van der Waals surface area (Å²) in [5, 5.41) is 2.58. The molecule has 0 spiro atoms. The van der Waals surface area contributed by atoms with Crippen LogP contribution in [0.5, 0.6) is 11.5 Å². The number of amides is 1. The summed E-state index contributed by atoms with van der Waals surface area (Å²) in [5.74, 6) is -0.382. The van der Waals surface area contributed by atoms with Crippen molar-refractivity contribution < 1.29 is 32.2 Å². The van der Waals surface area contributed by atoms with Gasteiger partial charge in [0.1, 0.15) is 6.54 Å². The van der Waals surface area contributed by atoms with Gasteiger partial charge in [0.15, 0.2) is 17.6 Å². The number of sulfonamides is 1. The normalized spacial score (nSPS) is 13.6. The topological polar surface area (TPSA) is 120 Å². The molecule has 2 aromatic carbocycles. The minimum absolute atomic E-state index is 0.0244. The first-order chi connectivity index (χ1) is 13.3. The van der Waals surface area contributed by atoms with Gasteiger partial charge >= 0.3 is 5.97 Å². The molecule has 1 aliphatic rings. The number of esters is 1. The summed E-state index contributed by atoms with van der Waals surface area (Å²) in [6, 6.07) is 12.5. The Balaban J connectivity index is 1.50. The van der Waals surface area contributed by atoms with Gasteiger partial charge in [-0.25, -0.2) is 8.42 Å². The highest BCUT2D eigenvalue weighted by Crippen LogP contribution is 2.34. The van der Waals surface area contributed by atoms with Crippen LogP contribution in [0.4, 0.5) is 5.69 Å². The van der Waals surface area contributed by atoms with Crippen molar-refractivity contribution in [1.82, 2.24) is 4.72 Å². The Bertz CT molecular complexity index is 977. The zero-order valence-corrected chi connectivity index (χ0v) is 15.7. The van der Waals surface area contributed by atoms with Gasteiger partial charge in [0.25, 0.3) is 5.91 Å².